The molecule has 0 amide bonds. The van der Waals surface area contributed by atoms with Crippen LogP contribution in [0.4, 0.5) is 0 Å². The average Bonchev–Trinajstić information content (AvgIpc) is 2.95. The first-order chi connectivity index (χ1) is 11.3. The highest BCUT2D eigenvalue weighted by molar-refractivity contribution is 5.17. The smallest absolute Gasteiger partial charge is 0.105 e. The molecule has 2 heteroatoms. The van der Waals surface area contributed by atoms with Gasteiger partial charge in [-0.15, -0.1) is 0 Å². The molecule has 0 saturated heterocycles. The molecular formula is C21H34N2. The largest absolute Gasteiger partial charge is 0.356 e. The van der Waals surface area contributed by atoms with Crippen LogP contribution in [-0.4, -0.2) is 29.1 Å². The van der Waals surface area contributed by atoms with Crippen molar-refractivity contribution in [1.29, 1.82) is 0 Å². The quantitative estimate of drug-likeness (QED) is 0.504. The average molecular weight is 315 g/mol. The van der Waals surface area contributed by atoms with Gasteiger partial charge < -0.3 is 9.80 Å². The van der Waals surface area contributed by atoms with Crippen LogP contribution in [0.5, 0.6) is 0 Å². The van der Waals surface area contributed by atoms with Gasteiger partial charge in [0, 0.05) is 31.9 Å². The lowest BCUT2D eigenvalue weighted by molar-refractivity contribution is 0.148. The van der Waals surface area contributed by atoms with Crippen molar-refractivity contribution in [3.8, 4) is 0 Å². The van der Waals surface area contributed by atoms with E-state index in [-0.39, 0.29) is 0 Å². The molecule has 1 aromatic rings. The third kappa shape index (κ3) is 5.93. The molecule has 0 radical (unpaired) electrons. The van der Waals surface area contributed by atoms with Gasteiger partial charge in [-0.05, 0) is 18.4 Å². The first-order valence-corrected chi connectivity index (χ1v) is 9.59. The van der Waals surface area contributed by atoms with Crippen molar-refractivity contribution in [3.63, 3.8) is 0 Å². The molecule has 1 aliphatic rings. The standard InChI is InChI=1S/C21H34N2/c1-3-5-7-12-16-23-18-17-22(15-11-6-4-2)21(23)19-20-13-9-8-10-14-20/h8-10,13-14,17-18,21H,3-7,11-12,15-16,19H2,1-2H3. The Bertz CT molecular complexity index is 440. The van der Waals surface area contributed by atoms with E-state index in [1.165, 1.54) is 63.6 Å². The fraction of sp³-hybridized carbons (Fsp3) is 0.619. The van der Waals surface area contributed by atoms with Crippen LogP contribution in [0.25, 0.3) is 0 Å². The molecule has 1 aliphatic heterocycles. The Kier molecular flexibility index (Phi) is 8.06. The van der Waals surface area contributed by atoms with Crippen molar-refractivity contribution < 1.29 is 0 Å². The summed E-state index contributed by atoms with van der Waals surface area (Å²) in [4.78, 5) is 5.12. The number of nitrogens with zero attached hydrogens (tertiary/aromatic N) is 2. The molecule has 0 N–H and O–H groups in total. The van der Waals surface area contributed by atoms with E-state index in [1.807, 2.05) is 0 Å². The minimum absolute atomic E-state index is 0.510. The van der Waals surface area contributed by atoms with Crippen LogP contribution in [0.15, 0.2) is 42.7 Å². The van der Waals surface area contributed by atoms with Crippen molar-refractivity contribution >= 4 is 0 Å². The second-order valence-corrected chi connectivity index (χ2v) is 6.71. The highest BCUT2D eigenvalue weighted by atomic mass is 15.4. The third-order valence-corrected chi connectivity index (χ3v) is 4.77. The number of hydrogen-bond acceptors (Lipinski definition) is 2. The molecule has 23 heavy (non-hydrogen) atoms. The Morgan fingerprint density at radius 1 is 0.739 bits per heavy atom. The third-order valence-electron chi connectivity index (χ3n) is 4.77. The molecule has 1 heterocycles. The minimum atomic E-state index is 0.510. The van der Waals surface area contributed by atoms with Gasteiger partial charge in [0.15, 0.2) is 0 Å². The van der Waals surface area contributed by atoms with E-state index < -0.39 is 0 Å². The normalized spacial score (nSPS) is 17.2. The SMILES string of the molecule is CCCCCCN1C=CN(CCCCC)C1Cc1ccccc1. The zero-order valence-electron chi connectivity index (χ0n) is 15.1. The first-order valence-electron chi connectivity index (χ1n) is 9.59. The van der Waals surface area contributed by atoms with Crippen molar-refractivity contribution in [2.75, 3.05) is 13.1 Å². The van der Waals surface area contributed by atoms with E-state index in [4.69, 9.17) is 0 Å². The van der Waals surface area contributed by atoms with E-state index >= 15 is 0 Å². The van der Waals surface area contributed by atoms with Crippen molar-refractivity contribution in [1.82, 2.24) is 9.80 Å². The molecule has 0 aliphatic carbocycles. The molecule has 1 aromatic carbocycles. The van der Waals surface area contributed by atoms with E-state index in [0.29, 0.717) is 6.17 Å². The first kappa shape index (κ1) is 17.9. The van der Waals surface area contributed by atoms with E-state index in [9.17, 15) is 0 Å². The molecule has 0 aromatic heterocycles. The Labute approximate surface area is 143 Å². The Hall–Kier alpha value is -1.44. The lowest BCUT2D eigenvalue weighted by Crippen LogP contribution is -2.41. The van der Waals surface area contributed by atoms with Crippen LogP contribution in [0.2, 0.25) is 0 Å². The summed E-state index contributed by atoms with van der Waals surface area (Å²) >= 11 is 0. The van der Waals surface area contributed by atoms with Crippen LogP contribution in [0.3, 0.4) is 0 Å². The number of rotatable bonds is 11. The minimum Gasteiger partial charge on any atom is -0.356 e. The van der Waals surface area contributed by atoms with Crippen molar-refractivity contribution in [3.05, 3.63) is 48.3 Å². The molecule has 1 atom stereocenters. The van der Waals surface area contributed by atoms with Crippen LogP contribution in [0, 0.1) is 0 Å². The molecule has 0 fully saturated rings. The maximum Gasteiger partial charge on any atom is 0.105 e. The maximum atomic E-state index is 2.56. The molecule has 128 valence electrons. The highest BCUT2D eigenvalue weighted by Gasteiger charge is 2.25. The monoisotopic (exact) mass is 314 g/mol. The van der Waals surface area contributed by atoms with E-state index in [1.54, 1.807) is 0 Å². The predicted molar refractivity (Wildman–Crippen MR) is 100 cm³/mol. The van der Waals surface area contributed by atoms with Gasteiger partial charge in [0.1, 0.15) is 6.17 Å². The summed E-state index contributed by atoms with van der Waals surface area (Å²) in [6.07, 6.45) is 15.5. The highest BCUT2D eigenvalue weighted by Crippen LogP contribution is 2.22. The Morgan fingerprint density at radius 2 is 1.30 bits per heavy atom. The lowest BCUT2D eigenvalue weighted by Gasteiger charge is -2.33. The zero-order chi connectivity index (χ0) is 16.3. The topological polar surface area (TPSA) is 6.48 Å². The summed E-state index contributed by atoms with van der Waals surface area (Å²) in [5.41, 5.74) is 1.44. The summed E-state index contributed by atoms with van der Waals surface area (Å²) in [6.45, 7) is 6.94. The number of benzene rings is 1. The van der Waals surface area contributed by atoms with Gasteiger partial charge in [0.2, 0.25) is 0 Å². The molecule has 2 rings (SSSR count). The molecule has 0 bridgehead atoms. The van der Waals surface area contributed by atoms with Gasteiger partial charge in [0.05, 0.1) is 0 Å². The summed E-state index contributed by atoms with van der Waals surface area (Å²) < 4.78 is 0. The van der Waals surface area contributed by atoms with Crippen LogP contribution in [-0.2, 0) is 6.42 Å². The summed E-state index contributed by atoms with van der Waals surface area (Å²) in [6, 6.07) is 10.9. The van der Waals surface area contributed by atoms with Crippen LogP contribution >= 0.6 is 0 Å². The molecular weight excluding hydrogens is 280 g/mol. The molecule has 2 nitrogen and oxygen atoms in total. The van der Waals surface area contributed by atoms with Gasteiger partial charge in [-0.2, -0.15) is 0 Å². The van der Waals surface area contributed by atoms with Crippen molar-refractivity contribution in [2.24, 2.45) is 0 Å². The maximum absolute atomic E-state index is 2.56. The van der Waals surface area contributed by atoms with Crippen LogP contribution in [0.1, 0.15) is 64.4 Å². The van der Waals surface area contributed by atoms with Gasteiger partial charge in [-0.3, -0.25) is 0 Å². The zero-order valence-corrected chi connectivity index (χ0v) is 15.1. The number of hydrogen-bond donors (Lipinski definition) is 0. The molecule has 1 unspecified atom stereocenters. The van der Waals surface area contributed by atoms with Gasteiger partial charge in [0.25, 0.3) is 0 Å². The van der Waals surface area contributed by atoms with E-state index in [2.05, 4.69) is 66.4 Å². The van der Waals surface area contributed by atoms with Gasteiger partial charge in [-0.25, -0.2) is 0 Å². The van der Waals surface area contributed by atoms with Gasteiger partial charge >= 0.3 is 0 Å². The fourth-order valence-electron chi connectivity index (χ4n) is 3.33. The molecule has 0 spiro atoms. The second kappa shape index (κ2) is 10.4. The van der Waals surface area contributed by atoms with Crippen LogP contribution < -0.4 is 0 Å². The van der Waals surface area contributed by atoms with Gasteiger partial charge in [-0.1, -0.05) is 76.3 Å². The summed E-state index contributed by atoms with van der Waals surface area (Å²) in [5, 5.41) is 0. The summed E-state index contributed by atoms with van der Waals surface area (Å²) in [5.74, 6) is 0. The van der Waals surface area contributed by atoms with Crippen molar-refractivity contribution in [2.45, 2.75) is 71.4 Å². The Morgan fingerprint density at radius 3 is 1.91 bits per heavy atom. The Balaban J connectivity index is 1.92. The predicted octanol–water partition coefficient (Wildman–Crippen LogP) is 5.41. The summed E-state index contributed by atoms with van der Waals surface area (Å²) in [7, 11) is 0. The second-order valence-electron chi connectivity index (χ2n) is 6.71. The fourth-order valence-corrected chi connectivity index (χ4v) is 3.33. The van der Waals surface area contributed by atoms with E-state index in [0.717, 1.165) is 6.42 Å². The number of unbranched alkanes of at least 4 members (excludes halogenated alkanes) is 5. The molecule has 0 saturated carbocycles. The lowest BCUT2D eigenvalue weighted by atomic mass is 10.1.